The highest BCUT2D eigenvalue weighted by Crippen LogP contribution is 2.53. The lowest BCUT2D eigenvalue weighted by Gasteiger charge is -2.54. The van der Waals surface area contributed by atoms with Crippen LogP contribution in [0.3, 0.4) is 0 Å². The van der Waals surface area contributed by atoms with Gasteiger partial charge in [0, 0.05) is 25.4 Å². The number of carbonyl (C=O) groups is 2. The molecule has 1 heterocycles. The number of carbonyl (C=O) groups excluding carboxylic acids is 2. The molecule has 0 aromatic heterocycles. The Hall–Kier alpha value is -1.63. The minimum atomic E-state index is -0.480. The number of ketones is 1. The summed E-state index contributed by atoms with van der Waals surface area (Å²) in [6.45, 7) is 16.2. The summed E-state index contributed by atoms with van der Waals surface area (Å²) in [7, 11) is 0. The van der Waals surface area contributed by atoms with Crippen LogP contribution in [-0.4, -0.2) is 29.7 Å². The van der Waals surface area contributed by atoms with E-state index in [1.807, 2.05) is 24.8 Å². The van der Waals surface area contributed by atoms with Gasteiger partial charge in [-0.1, -0.05) is 26.8 Å². The van der Waals surface area contributed by atoms with Crippen LogP contribution in [-0.2, 0) is 9.59 Å². The number of amides is 1. The summed E-state index contributed by atoms with van der Waals surface area (Å²) < 4.78 is 0. The normalized spacial score (nSPS) is 37.0. The Labute approximate surface area is 120 Å². The molecule has 4 nitrogen and oxygen atoms in total. The van der Waals surface area contributed by atoms with E-state index in [1.165, 1.54) is 0 Å². The second-order valence-electron chi connectivity index (χ2n) is 6.53. The summed E-state index contributed by atoms with van der Waals surface area (Å²) in [5, 5.41) is 0. The van der Waals surface area contributed by atoms with Gasteiger partial charge in [0.25, 0.3) is 0 Å². The predicted molar refractivity (Wildman–Crippen MR) is 76.6 cm³/mol. The molecule has 3 atom stereocenters. The quantitative estimate of drug-likeness (QED) is 0.690. The van der Waals surface area contributed by atoms with Crippen LogP contribution >= 0.6 is 0 Å². The maximum Gasteiger partial charge on any atom is 0.226 e. The van der Waals surface area contributed by atoms with E-state index in [4.69, 9.17) is 6.57 Å². The van der Waals surface area contributed by atoms with Crippen molar-refractivity contribution in [1.29, 1.82) is 0 Å². The minimum Gasteiger partial charge on any atom is -0.342 e. The highest BCUT2D eigenvalue weighted by Gasteiger charge is 2.54. The van der Waals surface area contributed by atoms with Crippen molar-refractivity contribution >= 4 is 11.7 Å². The molecular formula is C16H22N2O2. The molecule has 4 heteroatoms. The molecule has 0 spiro atoms. The molecule has 0 aromatic rings. The lowest BCUT2D eigenvalue weighted by molar-refractivity contribution is -0.140. The number of piperidine rings is 1. The van der Waals surface area contributed by atoms with Crippen LogP contribution in [0.25, 0.3) is 4.85 Å². The molecule has 1 aliphatic heterocycles. The summed E-state index contributed by atoms with van der Waals surface area (Å²) in [6, 6.07) is 0. The van der Waals surface area contributed by atoms with Crippen LogP contribution < -0.4 is 0 Å². The maximum absolute atomic E-state index is 12.6. The monoisotopic (exact) mass is 274 g/mol. The number of allylic oxidation sites excluding steroid dienone is 1. The van der Waals surface area contributed by atoms with Crippen molar-refractivity contribution < 1.29 is 9.59 Å². The highest BCUT2D eigenvalue weighted by atomic mass is 16.2. The number of hydrogen-bond donors (Lipinski definition) is 0. The van der Waals surface area contributed by atoms with E-state index in [9.17, 15) is 9.59 Å². The van der Waals surface area contributed by atoms with Gasteiger partial charge in [0.2, 0.25) is 11.6 Å². The molecule has 1 aliphatic carbocycles. The number of fused-ring (bicyclic) bond motifs is 1. The highest BCUT2D eigenvalue weighted by molar-refractivity contribution is 6.02. The molecule has 0 saturated carbocycles. The van der Waals surface area contributed by atoms with E-state index in [0.29, 0.717) is 13.1 Å². The Morgan fingerprint density at radius 1 is 1.55 bits per heavy atom. The molecule has 108 valence electrons. The average molecular weight is 274 g/mol. The third-order valence-electron chi connectivity index (χ3n) is 5.30. The lowest BCUT2D eigenvalue weighted by atomic mass is 9.54. The second kappa shape index (κ2) is 4.73. The van der Waals surface area contributed by atoms with Gasteiger partial charge in [0.1, 0.15) is 0 Å². The second-order valence-corrected chi connectivity index (χ2v) is 6.53. The number of hydrogen-bond acceptors (Lipinski definition) is 2. The summed E-state index contributed by atoms with van der Waals surface area (Å²) in [4.78, 5) is 29.5. The van der Waals surface area contributed by atoms with Crippen LogP contribution in [0, 0.1) is 23.3 Å². The van der Waals surface area contributed by atoms with Gasteiger partial charge >= 0.3 is 0 Å². The first-order valence-corrected chi connectivity index (χ1v) is 7.19. The van der Waals surface area contributed by atoms with Gasteiger partial charge in [-0.3, -0.25) is 4.79 Å². The molecule has 0 bridgehead atoms. The third-order valence-corrected chi connectivity index (χ3v) is 5.30. The van der Waals surface area contributed by atoms with Crippen molar-refractivity contribution in [2.45, 2.75) is 40.5 Å². The van der Waals surface area contributed by atoms with E-state index in [-0.39, 0.29) is 28.7 Å². The largest absolute Gasteiger partial charge is 0.342 e. The van der Waals surface area contributed by atoms with Crippen molar-refractivity contribution in [3.63, 3.8) is 0 Å². The number of Topliss-reactive ketones (excluding diaryl/α,β-unsaturated/α-hetero) is 1. The van der Waals surface area contributed by atoms with Crippen molar-refractivity contribution in [1.82, 2.24) is 4.90 Å². The molecule has 2 aliphatic rings. The van der Waals surface area contributed by atoms with Crippen LogP contribution in [0.4, 0.5) is 0 Å². The molecule has 0 radical (unpaired) electrons. The van der Waals surface area contributed by atoms with Crippen LogP contribution in [0.15, 0.2) is 11.8 Å². The zero-order valence-corrected chi connectivity index (χ0v) is 12.7. The first-order chi connectivity index (χ1) is 9.28. The van der Waals surface area contributed by atoms with Crippen molar-refractivity contribution in [2.75, 3.05) is 13.1 Å². The Morgan fingerprint density at radius 3 is 2.70 bits per heavy atom. The van der Waals surface area contributed by atoms with Crippen molar-refractivity contribution in [3.05, 3.63) is 23.2 Å². The molecule has 0 aromatic carbocycles. The molecule has 0 N–H and O–H groups in total. The molecule has 1 fully saturated rings. The number of likely N-dealkylation sites (tertiary alicyclic amines) is 1. The van der Waals surface area contributed by atoms with Gasteiger partial charge in [-0.25, -0.2) is 4.85 Å². The zero-order valence-electron chi connectivity index (χ0n) is 12.7. The Bertz CT molecular complexity index is 531. The summed E-state index contributed by atoms with van der Waals surface area (Å²) in [5.41, 5.74) is -0.507. The predicted octanol–water partition coefficient (Wildman–Crippen LogP) is 2.66. The molecule has 1 amide bonds. The first kappa shape index (κ1) is 14.8. The number of rotatable bonds is 1. The van der Waals surface area contributed by atoms with Crippen LogP contribution in [0.2, 0.25) is 0 Å². The van der Waals surface area contributed by atoms with E-state index >= 15 is 0 Å². The fraction of sp³-hybridized carbons (Fsp3) is 0.688. The van der Waals surface area contributed by atoms with E-state index < -0.39 is 5.41 Å². The Balaban J connectivity index is 2.50. The summed E-state index contributed by atoms with van der Waals surface area (Å²) >= 11 is 0. The fourth-order valence-electron chi connectivity index (χ4n) is 4.00. The Kier molecular flexibility index (Phi) is 3.49. The molecule has 2 rings (SSSR count). The topological polar surface area (TPSA) is 41.7 Å². The summed E-state index contributed by atoms with van der Waals surface area (Å²) in [5.74, 6) is 0.250. The molecule has 20 heavy (non-hydrogen) atoms. The Morgan fingerprint density at radius 2 is 2.20 bits per heavy atom. The van der Waals surface area contributed by atoms with Gasteiger partial charge in [0.15, 0.2) is 5.78 Å². The van der Waals surface area contributed by atoms with Gasteiger partial charge in [-0.05, 0) is 24.2 Å². The zero-order chi connectivity index (χ0) is 15.1. The summed E-state index contributed by atoms with van der Waals surface area (Å²) in [6.07, 6.45) is 3.38. The SMILES string of the molecule is [C-]#[N+]C1=C[C@@]2(C)CN(C(C)=O)CC[C@@H]2[C@](C)(CC)C1=O. The molecule has 1 saturated heterocycles. The van der Waals surface area contributed by atoms with Gasteiger partial charge in [-0.2, -0.15) is 0 Å². The van der Waals surface area contributed by atoms with Crippen molar-refractivity contribution in [3.8, 4) is 0 Å². The van der Waals surface area contributed by atoms with Crippen LogP contribution in [0.5, 0.6) is 0 Å². The van der Waals surface area contributed by atoms with Crippen LogP contribution in [0.1, 0.15) is 40.5 Å². The van der Waals surface area contributed by atoms with Crippen molar-refractivity contribution in [2.24, 2.45) is 16.7 Å². The molecular weight excluding hydrogens is 252 g/mol. The minimum absolute atomic E-state index is 0.0197. The smallest absolute Gasteiger partial charge is 0.226 e. The van der Waals surface area contributed by atoms with E-state index in [0.717, 1.165) is 12.8 Å². The van der Waals surface area contributed by atoms with E-state index in [2.05, 4.69) is 11.8 Å². The lowest BCUT2D eigenvalue weighted by Crippen LogP contribution is -2.57. The third kappa shape index (κ3) is 1.96. The number of nitrogens with zero attached hydrogens (tertiary/aromatic N) is 2. The van der Waals surface area contributed by atoms with Gasteiger partial charge < -0.3 is 9.69 Å². The standard InChI is InChI=1S/C16H22N2O2/c1-6-16(4)13-7-8-18(11(2)19)10-15(13,3)9-12(17-5)14(16)20/h9,13H,6-8,10H2,1-4H3/t13-,15-,16-/m0/s1. The maximum atomic E-state index is 12.6. The average Bonchev–Trinajstić information content (AvgIpc) is 2.42. The first-order valence-electron chi connectivity index (χ1n) is 7.19. The van der Waals surface area contributed by atoms with E-state index in [1.54, 1.807) is 6.92 Å². The molecule has 0 unspecified atom stereocenters. The fourth-order valence-corrected chi connectivity index (χ4v) is 4.00. The van der Waals surface area contributed by atoms with Gasteiger partial charge in [-0.15, -0.1) is 0 Å². The van der Waals surface area contributed by atoms with Gasteiger partial charge in [0.05, 0.1) is 6.57 Å².